The molecule has 6 heteroatoms. The van der Waals surface area contributed by atoms with Gasteiger partial charge in [0, 0.05) is 31.6 Å². The Morgan fingerprint density at radius 2 is 2.05 bits per heavy atom. The Hall–Kier alpha value is -1.20. The lowest BCUT2D eigenvalue weighted by atomic mass is 10.1. The number of hydrogen-bond acceptors (Lipinski definition) is 2. The maximum Gasteiger partial charge on any atom is 0.226 e. The molecule has 1 saturated carbocycles. The van der Waals surface area contributed by atoms with E-state index in [1.807, 2.05) is 4.90 Å². The Balaban J connectivity index is 0.00000161. The second-order valence-electron chi connectivity index (χ2n) is 5.54. The van der Waals surface area contributed by atoms with Crippen molar-refractivity contribution in [1.82, 2.24) is 10.2 Å². The van der Waals surface area contributed by atoms with Gasteiger partial charge in [-0.1, -0.05) is 6.07 Å². The van der Waals surface area contributed by atoms with Gasteiger partial charge < -0.3 is 10.2 Å². The summed E-state index contributed by atoms with van der Waals surface area (Å²) in [6.07, 6.45) is 1.62. The number of nitrogens with one attached hydrogen (secondary N) is 1. The highest BCUT2D eigenvalue weighted by Crippen LogP contribution is 2.49. The number of benzene rings is 1. The van der Waals surface area contributed by atoms with Crippen LogP contribution >= 0.6 is 12.4 Å². The number of nitrogens with zero attached hydrogens (tertiary/aromatic N) is 1. The molecular formula is C15H19ClF2N2O. The van der Waals surface area contributed by atoms with E-state index in [-0.39, 0.29) is 30.2 Å². The quantitative estimate of drug-likeness (QED) is 0.908. The highest BCUT2D eigenvalue weighted by Gasteiger charge is 2.46. The number of rotatable bonds is 2. The molecule has 1 amide bonds. The van der Waals surface area contributed by atoms with Crippen LogP contribution in [0.1, 0.15) is 24.3 Å². The third-order valence-electron chi connectivity index (χ3n) is 4.12. The lowest BCUT2D eigenvalue weighted by Gasteiger charge is -2.20. The van der Waals surface area contributed by atoms with Crippen LogP contribution in [0.5, 0.6) is 0 Å². The van der Waals surface area contributed by atoms with Gasteiger partial charge >= 0.3 is 0 Å². The smallest absolute Gasteiger partial charge is 0.226 e. The van der Waals surface area contributed by atoms with Crippen LogP contribution in [0.25, 0.3) is 0 Å². The molecule has 3 rings (SSSR count). The third-order valence-corrected chi connectivity index (χ3v) is 4.12. The summed E-state index contributed by atoms with van der Waals surface area (Å²) in [5, 5.41) is 3.25. The molecule has 2 aliphatic rings. The molecule has 1 saturated heterocycles. The molecule has 1 N–H and O–H groups in total. The first kappa shape index (κ1) is 16.2. The minimum atomic E-state index is -0.576. The molecule has 1 heterocycles. The van der Waals surface area contributed by atoms with Gasteiger partial charge in [-0.3, -0.25) is 4.79 Å². The van der Waals surface area contributed by atoms with Gasteiger partial charge in [0.15, 0.2) is 0 Å². The zero-order valence-corrected chi connectivity index (χ0v) is 12.5. The van der Waals surface area contributed by atoms with Crippen LogP contribution in [0.15, 0.2) is 18.2 Å². The van der Waals surface area contributed by atoms with Gasteiger partial charge in [0.1, 0.15) is 11.6 Å². The Morgan fingerprint density at radius 3 is 2.81 bits per heavy atom. The van der Waals surface area contributed by atoms with Gasteiger partial charge in [-0.2, -0.15) is 0 Å². The van der Waals surface area contributed by atoms with Crippen molar-refractivity contribution >= 4 is 18.3 Å². The lowest BCUT2D eigenvalue weighted by Crippen LogP contribution is -2.35. The number of halogens is 3. The molecule has 2 unspecified atom stereocenters. The molecule has 0 radical (unpaired) electrons. The molecule has 116 valence electrons. The fourth-order valence-corrected chi connectivity index (χ4v) is 2.91. The van der Waals surface area contributed by atoms with E-state index in [4.69, 9.17) is 0 Å². The second kappa shape index (κ2) is 6.71. The van der Waals surface area contributed by atoms with E-state index in [0.717, 1.165) is 32.1 Å². The fraction of sp³-hybridized carbons (Fsp3) is 0.533. The summed E-state index contributed by atoms with van der Waals surface area (Å²) in [7, 11) is 0. The van der Waals surface area contributed by atoms with Crippen LogP contribution in [0.4, 0.5) is 8.78 Å². The summed E-state index contributed by atoms with van der Waals surface area (Å²) in [6.45, 7) is 3.23. The summed E-state index contributed by atoms with van der Waals surface area (Å²) >= 11 is 0. The average molecular weight is 317 g/mol. The first-order valence-electron chi connectivity index (χ1n) is 7.11. The highest BCUT2D eigenvalue weighted by atomic mass is 35.5. The van der Waals surface area contributed by atoms with Crippen LogP contribution in [-0.2, 0) is 4.79 Å². The molecule has 2 atom stereocenters. The molecule has 0 aromatic heterocycles. The van der Waals surface area contributed by atoms with E-state index in [0.29, 0.717) is 18.5 Å². The first-order chi connectivity index (χ1) is 9.66. The van der Waals surface area contributed by atoms with Crippen molar-refractivity contribution in [2.24, 2.45) is 5.92 Å². The zero-order chi connectivity index (χ0) is 14.1. The summed E-state index contributed by atoms with van der Waals surface area (Å²) in [4.78, 5) is 14.2. The summed E-state index contributed by atoms with van der Waals surface area (Å²) in [5.74, 6) is -1.22. The van der Waals surface area contributed by atoms with Crippen molar-refractivity contribution < 1.29 is 13.6 Å². The Kier molecular flexibility index (Phi) is 5.17. The molecule has 0 bridgehead atoms. The van der Waals surface area contributed by atoms with Crippen molar-refractivity contribution in [2.75, 3.05) is 26.2 Å². The van der Waals surface area contributed by atoms with Gasteiger partial charge in [-0.05, 0) is 36.9 Å². The van der Waals surface area contributed by atoms with Crippen molar-refractivity contribution in [1.29, 1.82) is 0 Å². The molecule has 21 heavy (non-hydrogen) atoms. The Bertz CT molecular complexity index is 518. The van der Waals surface area contributed by atoms with Gasteiger partial charge in [0.25, 0.3) is 0 Å². The average Bonchev–Trinajstić information content (AvgIpc) is 3.22. The van der Waals surface area contributed by atoms with E-state index in [1.165, 1.54) is 12.1 Å². The van der Waals surface area contributed by atoms with Gasteiger partial charge in [-0.25, -0.2) is 8.78 Å². The van der Waals surface area contributed by atoms with Crippen molar-refractivity contribution in [2.45, 2.75) is 18.8 Å². The van der Waals surface area contributed by atoms with Crippen LogP contribution < -0.4 is 5.32 Å². The van der Waals surface area contributed by atoms with Crippen LogP contribution in [0.2, 0.25) is 0 Å². The molecule has 1 aromatic carbocycles. The molecule has 1 aliphatic carbocycles. The molecular weight excluding hydrogens is 298 g/mol. The largest absolute Gasteiger partial charge is 0.341 e. The van der Waals surface area contributed by atoms with Gasteiger partial charge in [-0.15, -0.1) is 12.4 Å². The molecule has 3 nitrogen and oxygen atoms in total. The van der Waals surface area contributed by atoms with E-state index in [1.54, 1.807) is 0 Å². The number of carbonyl (C=O) groups is 1. The van der Waals surface area contributed by atoms with Crippen molar-refractivity contribution in [3.8, 4) is 0 Å². The van der Waals surface area contributed by atoms with Crippen LogP contribution in [-0.4, -0.2) is 37.0 Å². The van der Waals surface area contributed by atoms with Crippen molar-refractivity contribution in [3.63, 3.8) is 0 Å². The topological polar surface area (TPSA) is 32.3 Å². The van der Waals surface area contributed by atoms with Gasteiger partial charge in [0.2, 0.25) is 5.91 Å². The minimum Gasteiger partial charge on any atom is -0.341 e. The summed E-state index contributed by atoms with van der Waals surface area (Å²) in [5.41, 5.74) is 0.470. The molecule has 1 aliphatic heterocycles. The standard InChI is InChI=1S/C15H18F2N2O.ClH/c16-10-2-3-11(14(17)8-10)12-9-13(12)15(20)19-6-1-4-18-5-7-19;/h2-3,8,12-13,18H,1,4-7,9H2;1H. The Labute approximate surface area is 129 Å². The minimum absolute atomic E-state index is 0. The van der Waals surface area contributed by atoms with E-state index in [2.05, 4.69) is 5.32 Å². The second-order valence-corrected chi connectivity index (χ2v) is 5.54. The zero-order valence-electron chi connectivity index (χ0n) is 11.6. The van der Waals surface area contributed by atoms with Gasteiger partial charge in [0.05, 0.1) is 0 Å². The predicted octanol–water partition coefficient (Wildman–Crippen LogP) is 2.31. The summed E-state index contributed by atoms with van der Waals surface area (Å²) in [6, 6.07) is 3.62. The number of carbonyl (C=O) groups excluding carboxylic acids is 1. The highest BCUT2D eigenvalue weighted by molar-refractivity contribution is 5.85. The summed E-state index contributed by atoms with van der Waals surface area (Å²) < 4.78 is 26.6. The third kappa shape index (κ3) is 3.52. The van der Waals surface area contributed by atoms with Crippen LogP contribution in [0.3, 0.4) is 0 Å². The van der Waals surface area contributed by atoms with Crippen LogP contribution in [0, 0.1) is 17.6 Å². The Morgan fingerprint density at radius 1 is 1.24 bits per heavy atom. The molecule has 0 spiro atoms. The fourth-order valence-electron chi connectivity index (χ4n) is 2.91. The SMILES string of the molecule is Cl.O=C(C1CC1c1ccc(F)cc1F)N1CCCNCC1. The van der Waals surface area contributed by atoms with Crippen molar-refractivity contribution in [3.05, 3.63) is 35.4 Å². The number of hydrogen-bond donors (Lipinski definition) is 1. The molecule has 1 aromatic rings. The lowest BCUT2D eigenvalue weighted by molar-refractivity contribution is -0.132. The maximum absolute atomic E-state index is 13.7. The van der Waals surface area contributed by atoms with E-state index in [9.17, 15) is 13.6 Å². The van der Waals surface area contributed by atoms with E-state index < -0.39 is 11.6 Å². The maximum atomic E-state index is 13.7. The first-order valence-corrected chi connectivity index (χ1v) is 7.11. The predicted molar refractivity (Wildman–Crippen MR) is 78.5 cm³/mol. The molecule has 2 fully saturated rings. The normalized spacial score (nSPS) is 25.0. The number of amides is 1. The monoisotopic (exact) mass is 316 g/mol. The van der Waals surface area contributed by atoms with E-state index >= 15 is 0 Å².